The lowest BCUT2D eigenvalue weighted by Crippen LogP contribution is -1.96. The minimum atomic E-state index is -0.453. The number of halogens is 2. The number of H-pyrrole nitrogens is 2. The number of hydrogen-bond donors (Lipinski definition) is 2. The highest BCUT2D eigenvalue weighted by atomic mass is 79.9. The molecule has 5 heteroatoms. The number of rotatable bonds is 0. The minimum Gasteiger partial charge on any atom is -0.295 e. The SMILES string of the molecule is O=c1[nH][nH]c2c(F)c(Br)ccc12. The molecular formula is C7H4BrFN2O. The quantitative estimate of drug-likeness (QED) is 0.712. The average molecular weight is 231 g/mol. The van der Waals surface area contributed by atoms with Gasteiger partial charge in [-0.3, -0.25) is 15.0 Å². The molecule has 0 aliphatic heterocycles. The van der Waals surface area contributed by atoms with Crippen LogP contribution in [0, 0.1) is 5.82 Å². The molecule has 62 valence electrons. The van der Waals surface area contributed by atoms with E-state index in [0.29, 0.717) is 9.86 Å². The highest BCUT2D eigenvalue weighted by Gasteiger charge is 2.08. The molecule has 0 spiro atoms. The van der Waals surface area contributed by atoms with Crippen LogP contribution in [-0.2, 0) is 0 Å². The Morgan fingerprint density at radius 1 is 1.33 bits per heavy atom. The van der Waals surface area contributed by atoms with E-state index < -0.39 is 5.82 Å². The molecule has 2 aromatic rings. The first kappa shape index (κ1) is 7.54. The zero-order chi connectivity index (χ0) is 8.72. The number of fused-ring (bicyclic) bond motifs is 1. The van der Waals surface area contributed by atoms with E-state index >= 15 is 0 Å². The van der Waals surface area contributed by atoms with Crippen LogP contribution in [0.2, 0.25) is 0 Å². The summed E-state index contributed by atoms with van der Waals surface area (Å²) in [7, 11) is 0. The van der Waals surface area contributed by atoms with E-state index in [1.807, 2.05) is 0 Å². The zero-order valence-electron chi connectivity index (χ0n) is 5.82. The molecule has 0 aliphatic rings. The van der Waals surface area contributed by atoms with E-state index in [2.05, 4.69) is 26.1 Å². The van der Waals surface area contributed by atoms with E-state index in [-0.39, 0.29) is 11.1 Å². The molecule has 0 unspecified atom stereocenters. The zero-order valence-corrected chi connectivity index (χ0v) is 7.40. The third kappa shape index (κ3) is 0.896. The Morgan fingerprint density at radius 3 is 2.83 bits per heavy atom. The van der Waals surface area contributed by atoms with Gasteiger partial charge in [-0.1, -0.05) is 0 Å². The van der Waals surface area contributed by atoms with E-state index in [1.54, 1.807) is 6.07 Å². The summed E-state index contributed by atoms with van der Waals surface area (Å²) >= 11 is 3.01. The van der Waals surface area contributed by atoms with Crippen molar-refractivity contribution in [3.8, 4) is 0 Å². The van der Waals surface area contributed by atoms with Crippen molar-refractivity contribution in [3.05, 3.63) is 32.8 Å². The van der Waals surface area contributed by atoms with Crippen LogP contribution in [-0.4, -0.2) is 10.2 Å². The summed E-state index contributed by atoms with van der Waals surface area (Å²) in [4.78, 5) is 11.0. The van der Waals surface area contributed by atoms with E-state index in [1.165, 1.54) is 6.07 Å². The fourth-order valence-electron chi connectivity index (χ4n) is 1.05. The lowest BCUT2D eigenvalue weighted by molar-refractivity contribution is 0.630. The van der Waals surface area contributed by atoms with Gasteiger partial charge in [0, 0.05) is 0 Å². The van der Waals surface area contributed by atoms with Gasteiger partial charge >= 0.3 is 0 Å². The molecule has 3 nitrogen and oxygen atoms in total. The van der Waals surface area contributed by atoms with Crippen molar-refractivity contribution < 1.29 is 4.39 Å². The Morgan fingerprint density at radius 2 is 2.08 bits per heavy atom. The van der Waals surface area contributed by atoms with Crippen molar-refractivity contribution in [3.63, 3.8) is 0 Å². The summed E-state index contributed by atoms with van der Waals surface area (Å²) in [6.07, 6.45) is 0. The van der Waals surface area contributed by atoms with Gasteiger partial charge in [-0.2, -0.15) is 0 Å². The molecule has 1 heterocycles. The molecule has 0 amide bonds. The van der Waals surface area contributed by atoms with Crippen LogP contribution in [0.15, 0.2) is 21.4 Å². The molecule has 0 radical (unpaired) electrons. The number of benzene rings is 1. The Hall–Kier alpha value is -1.10. The maximum Gasteiger partial charge on any atom is 0.271 e. The topological polar surface area (TPSA) is 48.6 Å². The van der Waals surface area contributed by atoms with Crippen molar-refractivity contribution in [2.75, 3.05) is 0 Å². The van der Waals surface area contributed by atoms with Crippen LogP contribution in [0.1, 0.15) is 0 Å². The highest BCUT2D eigenvalue weighted by molar-refractivity contribution is 9.10. The first-order chi connectivity index (χ1) is 5.70. The van der Waals surface area contributed by atoms with Gasteiger partial charge in [0.1, 0.15) is 5.52 Å². The van der Waals surface area contributed by atoms with Crippen molar-refractivity contribution in [1.29, 1.82) is 0 Å². The normalized spacial score (nSPS) is 10.8. The number of aromatic amines is 2. The molecular weight excluding hydrogens is 227 g/mol. The first-order valence-corrected chi connectivity index (χ1v) is 4.04. The molecule has 2 N–H and O–H groups in total. The fourth-order valence-corrected chi connectivity index (χ4v) is 1.38. The second-order valence-corrected chi connectivity index (χ2v) is 3.22. The van der Waals surface area contributed by atoms with Gasteiger partial charge < -0.3 is 0 Å². The van der Waals surface area contributed by atoms with E-state index in [4.69, 9.17) is 0 Å². The number of aromatic nitrogens is 2. The second-order valence-electron chi connectivity index (χ2n) is 2.36. The molecule has 12 heavy (non-hydrogen) atoms. The van der Waals surface area contributed by atoms with Crippen molar-refractivity contribution >= 4 is 26.8 Å². The molecule has 1 aromatic heterocycles. The molecule has 0 fully saturated rings. The van der Waals surface area contributed by atoms with Gasteiger partial charge in [0.15, 0.2) is 5.82 Å². The summed E-state index contributed by atoms with van der Waals surface area (Å²) in [5.74, 6) is -0.453. The maximum atomic E-state index is 13.2. The van der Waals surface area contributed by atoms with Gasteiger partial charge in [-0.25, -0.2) is 4.39 Å². The van der Waals surface area contributed by atoms with Crippen LogP contribution in [0.5, 0.6) is 0 Å². The molecule has 1 aromatic carbocycles. The van der Waals surface area contributed by atoms with E-state index in [9.17, 15) is 9.18 Å². The predicted octanol–water partition coefficient (Wildman–Crippen LogP) is 1.76. The minimum absolute atomic E-state index is 0.203. The van der Waals surface area contributed by atoms with Crippen LogP contribution < -0.4 is 5.56 Å². The molecule has 0 saturated heterocycles. The van der Waals surface area contributed by atoms with Gasteiger partial charge in [0.05, 0.1) is 9.86 Å². The average Bonchev–Trinajstić information content (AvgIpc) is 2.41. The molecule has 0 bridgehead atoms. The largest absolute Gasteiger partial charge is 0.295 e. The lowest BCUT2D eigenvalue weighted by atomic mass is 10.2. The monoisotopic (exact) mass is 230 g/mol. The first-order valence-electron chi connectivity index (χ1n) is 3.24. The third-order valence-electron chi connectivity index (χ3n) is 1.64. The Kier molecular flexibility index (Phi) is 1.54. The van der Waals surface area contributed by atoms with Crippen molar-refractivity contribution in [2.45, 2.75) is 0 Å². The second kappa shape index (κ2) is 2.45. The van der Waals surface area contributed by atoms with Crippen LogP contribution in [0.4, 0.5) is 4.39 Å². The van der Waals surface area contributed by atoms with Gasteiger partial charge in [-0.15, -0.1) is 0 Å². The molecule has 0 aliphatic carbocycles. The number of hydrogen-bond acceptors (Lipinski definition) is 1. The van der Waals surface area contributed by atoms with Crippen LogP contribution in [0.25, 0.3) is 10.9 Å². The highest BCUT2D eigenvalue weighted by Crippen LogP contribution is 2.20. The third-order valence-corrected chi connectivity index (χ3v) is 2.25. The Balaban J connectivity index is 3.02. The molecule has 2 rings (SSSR count). The molecule has 0 atom stereocenters. The van der Waals surface area contributed by atoms with E-state index in [0.717, 1.165) is 0 Å². The van der Waals surface area contributed by atoms with Crippen LogP contribution >= 0.6 is 15.9 Å². The van der Waals surface area contributed by atoms with Gasteiger partial charge in [0.25, 0.3) is 5.56 Å². The summed E-state index contributed by atoms with van der Waals surface area (Å²) in [6, 6.07) is 3.05. The summed E-state index contributed by atoms with van der Waals surface area (Å²) < 4.78 is 13.5. The smallest absolute Gasteiger partial charge is 0.271 e. The summed E-state index contributed by atoms with van der Waals surface area (Å²) in [5.41, 5.74) is -0.106. The Labute approximate surface area is 74.7 Å². The molecule has 0 saturated carbocycles. The van der Waals surface area contributed by atoms with Gasteiger partial charge in [-0.05, 0) is 28.1 Å². The van der Waals surface area contributed by atoms with Crippen LogP contribution in [0.3, 0.4) is 0 Å². The Bertz CT molecular complexity index is 488. The lowest BCUT2D eigenvalue weighted by Gasteiger charge is -1.92. The number of nitrogens with one attached hydrogen (secondary N) is 2. The summed E-state index contributed by atoms with van der Waals surface area (Å²) in [5, 5.41) is 5.09. The maximum absolute atomic E-state index is 13.2. The standard InChI is InChI=1S/C7H4BrFN2O/c8-4-2-1-3-6(5(4)9)10-11-7(3)12/h1-2H,(H2,10,11,12). The predicted molar refractivity (Wildman–Crippen MR) is 46.6 cm³/mol. The van der Waals surface area contributed by atoms with Crippen molar-refractivity contribution in [2.24, 2.45) is 0 Å². The fraction of sp³-hybridized carbons (Fsp3) is 0. The van der Waals surface area contributed by atoms with Gasteiger partial charge in [0.2, 0.25) is 0 Å². The summed E-state index contributed by atoms with van der Waals surface area (Å²) in [6.45, 7) is 0. The van der Waals surface area contributed by atoms with Crippen molar-refractivity contribution in [1.82, 2.24) is 10.2 Å².